The number of carbonyl (C=O) groups excluding carboxylic acids is 2. The van der Waals surface area contributed by atoms with Gasteiger partial charge in [0.25, 0.3) is 5.91 Å². The zero-order chi connectivity index (χ0) is 20.1. The number of amides is 1. The van der Waals surface area contributed by atoms with Crippen molar-refractivity contribution in [3.05, 3.63) is 42.1 Å². The summed E-state index contributed by atoms with van der Waals surface area (Å²) in [5.41, 5.74) is 1.53. The average Bonchev–Trinajstić information content (AvgIpc) is 3.14. The maximum atomic E-state index is 12.1. The highest BCUT2D eigenvalue weighted by molar-refractivity contribution is 7.00. The van der Waals surface area contributed by atoms with Crippen LogP contribution in [0.1, 0.15) is 10.4 Å². The number of esters is 1. The van der Waals surface area contributed by atoms with Gasteiger partial charge in [0.05, 0.1) is 23.0 Å². The molecule has 0 fully saturated rings. The summed E-state index contributed by atoms with van der Waals surface area (Å²) in [7, 11) is 0. The highest BCUT2D eigenvalue weighted by Gasteiger charge is 2.28. The minimum atomic E-state index is -4.49. The monoisotopic (exact) mass is 412 g/mol. The molecule has 0 atom stereocenters. The van der Waals surface area contributed by atoms with Gasteiger partial charge in [-0.2, -0.15) is 21.9 Å². The van der Waals surface area contributed by atoms with Gasteiger partial charge in [0, 0.05) is 12.3 Å². The topological polar surface area (TPSA) is 103 Å². The van der Waals surface area contributed by atoms with E-state index < -0.39 is 31.3 Å². The van der Waals surface area contributed by atoms with E-state index in [0.29, 0.717) is 16.7 Å². The number of nitrogens with zero attached hydrogens (tertiary/aromatic N) is 3. The van der Waals surface area contributed by atoms with Crippen molar-refractivity contribution >= 4 is 40.3 Å². The van der Waals surface area contributed by atoms with Crippen molar-refractivity contribution in [2.45, 2.75) is 6.18 Å². The van der Waals surface area contributed by atoms with Gasteiger partial charge < -0.3 is 14.8 Å². The number of halogens is 3. The van der Waals surface area contributed by atoms with Crippen LogP contribution in [-0.4, -0.2) is 45.0 Å². The van der Waals surface area contributed by atoms with Gasteiger partial charge in [0.15, 0.2) is 13.2 Å². The zero-order valence-corrected chi connectivity index (χ0v) is 14.7. The summed E-state index contributed by atoms with van der Waals surface area (Å²) in [6, 6.07) is 7.34. The lowest BCUT2D eigenvalue weighted by Crippen LogP contribution is -2.21. The molecule has 0 aliphatic carbocycles. The highest BCUT2D eigenvalue weighted by atomic mass is 32.1. The van der Waals surface area contributed by atoms with Gasteiger partial charge in [0.1, 0.15) is 11.0 Å². The van der Waals surface area contributed by atoms with Crippen LogP contribution in [0.25, 0.3) is 11.0 Å². The summed E-state index contributed by atoms with van der Waals surface area (Å²) in [5, 5.41) is 2.56. The van der Waals surface area contributed by atoms with Gasteiger partial charge in [0.2, 0.25) is 5.88 Å². The highest BCUT2D eigenvalue weighted by Crippen LogP contribution is 2.21. The molecule has 0 radical (unpaired) electrons. The van der Waals surface area contributed by atoms with Gasteiger partial charge in [-0.1, -0.05) is 6.07 Å². The Morgan fingerprint density at radius 2 is 1.96 bits per heavy atom. The van der Waals surface area contributed by atoms with Crippen LogP contribution in [0.3, 0.4) is 0 Å². The third kappa shape index (κ3) is 5.13. The quantitative estimate of drug-likeness (QED) is 0.621. The molecule has 1 aromatic carbocycles. The number of nitrogens with one attached hydrogen (secondary N) is 1. The number of hydrogen-bond acceptors (Lipinski definition) is 8. The maximum Gasteiger partial charge on any atom is 0.422 e. The van der Waals surface area contributed by atoms with Gasteiger partial charge in [-0.25, -0.2) is 9.78 Å². The van der Waals surface area contributed by atoms with Crippen LogP contribution in [0.15, 0.2) is 36.5 Å². The van der Waals surface area contributed by atoms with Gasteiger partial charge in [-0.05, 0) is 18.2 Å². The fourth-order valence-corrected chi connectivity index (χ4v) is 2.60. The molecule has 28 heavy (non-hydrogen) atoms. The Hall–Kier alpha value is -3.28. The molecule has 0 spiro atoms. The number of carbonyl (C=O) groups is 2. The molecule has 8 nitrogen and oxygen atoms in total. The second-order valence-corrected chi connectivity index (χ2v) is 5.88. The lowest BCUT2D eigenvalue weighted by atomic mass is 10.2. The predicted octanol–water partition coefficient (Wildman–Crippen LogP) is 2.82. The van der Waals surface area contributed by atoms with E-state index in [1.54, 1.807) is 18.2 Å². The van der Waals surface area contributed by atoms with Crippen molar-refractivity contribution in [3.63, 3.8) is 0 Å². The van der Waals surface area contributed by atoms with Crippen LogP contribution in [0.4, 0.5) is 18.9 Å². The van der Waals surface area contributed by atoms with Crippen molar-refractivity contribution in [1.29, 1.82) is 0 Å². The number of fused-ring (bicyclic) bond motifs is 1. The minimum absolute atomic E-state index is 0.0436. The molecule has 0 aliphatic rings. The molecule has 0 saturated heterocycles. The first kappa shape index (κ1) is 19.5. The summed E-state index contributed by atoms with van der Waals surface area (Å²) >= 11 is 0.999. The molecular formula is C16H11F3N4O4S. The minimum Gasteiger partial charge on any atom is -0.468 e. The molecular weight excluding hydrogens is 401 g/mol. The van der Waals surface area contributed by atoms with Crippen LogP contribution in [0.2, 0.25) is 0 Å². The molecule has 0 bridgehead atoms. The third-order valence-corrected chi connectivity index (χ3v) is 3.79. The van der Waals surface area contributed by atoms with Crippen molar-refractivity contribution in [3.8, 4) is 5.88 Å². The van der Waals surface area contributed by atoms with Crippen LogP contribution in [0.5, 0.6) is 5.88 Å². The first-order chi connectivity index (χ1) is 13.3. The van der Waals surface area contributed by atoms with E-state index in [0.717, 1.165) is 24.0 Å². The normalized spacial score (nSPS) is 11.2. The van der Waals surface area contributed by atoms with Gasteiger partial charge in [-0.3, -0.25) is 4.79 Å². The lowest BCUT2D eigenvalue weighted by molar-refractivity contribution is -0.154. The standard InChI is InChI=1S/C16H11F3N4O4S/c17-16(18,19)8-27-13-5-4-9(6-20-13)15(25)26-7-12(24)21-10-2-1-3-11-14(10)23-28-22-11/h1-6H,7-8H2,(H,21,24). The molecule has 146 valence electrons. The Labute approximate surface area is 159 Å². The molecule has 1 N–H and O–H groups in total. The molecule has 0 unspecified atom stereocenters. The molecule has 3 aromatic rings. The Morgan fingerprint density at radius 1 is 1.14 bits per heavy atom. The summed E-state index contributed by atoms with van der Waals surface area (Å²) in [6.07, 6.45) is -3.50. The van der Waals surface area contributed by atoms with Crippen molar-refractivity contribution in [2.24, 2.45) is 0 Å². The van der Waals surface area contributed by atoms with E-state index in [1.165, 1.54) is 6.07 Å². The Kier molecular flexibility index (Phi) is 5.68. The van der Waals surface area contributed by atoms with Gasteiger partial charge >= 0.3 is 12.1 Å². The summed E-state index contributed by atoms with van der Waals surface area (Å²) in [6.45, 7) is -2.07. The van der Waals surface area contributed by atoms with E-state index in [9.17, 15) is 22.8 Å². The number of aromatic nitrogens is 3. The summed E-state index contributed by atoms with van der Waals surface area (Å²) < 4.78 is 53.7. The van der Waals surface area contributed by atoms with E-state index >= 15 is 0 Å². The smallest absolute Gasteiger partial charge is 0.422 e. The fraction of sp³-hybridized carbons (Fsp3) is 0.188. The van der Waals surface area contributed by atoms with E-state index in [2.05, 4.69) is 23.8 Å². The van der Waals surface area contributed by atoms with E-state index in [4.69, 9.17) is 4.74 Å². The van der Waals surface area contributed by atoms with Crippen molar-refractivity contribution < 1.29 is 32.2 Å². The molecule has 0 aliphatic heterocycles. The number of rotatable bonds is 6. The fourth-order valence-electron chi connectivity index (χ4n) is 2.05. The summed E-state index contributed by atoms with van der Waals surface area (Å²) in [5.74, 6) is -1.75. The number of anilines is 1. The first-order valence-electron chi connectivity index (χ1n) is 7.66. The largest absolute Gasteiger partial charge is 0.468 e. The van der Waals surface area contributed by atoms with Crippen molar-refractivity contribution in [1.82, 2.24) is 13.7 Å². The van der Waals surface area contributed by atoms with Crippen molar-refractivity contribution in [2.75, 3.05) is 18.5 Å². The third-order valence-electron chi connectivity index (χ3n) is 3.25. The predicted molar refractivity (Wildman–Crippen MR) is 92.1 cm³/mol. The first-order valence-corrected chi connectivity index (χ1v) is 8.39. The summed E-state index contributed by atoms with van der Waals surface area (Å²) in [4.78, 5) is 27.5. The Morgan fingerprint density at radius 3 is 2.68 bits per heavy atom. The number of ether oxygens (including phenoxy) is 2. The SMILES string of the molecule is O=C(COC(=O)c1ccc(OCC(F)(F)F)nc1)Nc1cccc2nsnc12. The Balaban J connectivity index is 1.52. The molecule has 12 heteroatoms. The molecule has 3 rings (SSSR count). The average molecular weight is 412 g/mol. The second-order valence-electron chi connectivity index (χ2n) is 5.35. The van der Waals surface area contributed by atoms with Gasteiger partial charge in [-0.15, -0.1) is 0 Å². The number of benzene rings is 1. The van der Waals surface area contributed by atoms with Crippen LogP contribution in [-0.2, 0) is 9.53 Å². The number of hydrogen-bond donors (Lipinski definition) is 1. The maximum absolute atomic E-state index is 12.1. The number of alkyl halides is 3. The second kappa shape index (κ2) is 8.17. The molecule has 2 aromatic heterocycles. The lowest BCUT2D eigenvalue weighted by Gasteiger charge is -2.09. The van der Waals surface area contributed by atoms with E-state index in [-0.39, 0.29) is 11.4 Å². The van der Waals surface area contributed by atoms with Crippen LogP contribution in [0, 0.1) is 0 Å². The molecule has 0 saturated carbocycles. The molecule has 1 amide bonds. The zero-order valence-electron chi connectivity index (χ0n) is 13.9. The van der Waals surface area contributed by atoms with Crippen LogP contribution >= 0.6 is 11.7 Å². The van der Waals surface area contributed by atoms with E-state index in [1.807, 2.05) is 0 Å². The Bertz CT molecular complexity index is 991. The molecule has 2 heterocycles. The van der Waals surface area contributed by atoms with Crippen LogP contribution < -0.4 is 10.1 Å². The number of pyridine rings is 1.